The van der Waals surface area contributed by atoms with Gasteiger partial charge in [0.2, 0.25) is 5.71 Å². The van der Waals surface area contributed by atoms with Crippen molar-refractivity contribution in [2.75, 3.05) is 41.0 Å². The number of anilines is 1. The first-order chi connectivity index (χ1) is 19.9. The molecule has 2 amide bonds. The highest BCUT2D eigenvalue weighted by molar-refractivity contribution is 6.65. The summed E-state index contributed by atoms with van der Waals surface area (Å²) in [5.74, 6) is 0.697. The average molecular weight is 563 g/mol. The molecule has 214 valence electrons. The SMILES string of the molecule is COc1ccccc1NN=C(C(=O)NN=Cc1ccc(OC)c(OC)c1)C(=O)NN=Cc1ccc(OC)c(OC)c1. The monoisotopic (exact) mass is 562 g/mol. The van der Waals surface area contributed by atoms with Gasteiger partial charge in [-0.2, -0.15) is 15.3 Å². The summed E-state index contributed by atoms with van der Waals surface area (Å²) >= 11 is 0. The Morgan fingerprint density at radius 2 is 1.07 bits per heavy atom. The van der Waals surface area contributed by atoms with Gasteiger partial charge in [0.1, 0.15) is 5.75 Å². The number of rotatable bonds is 13. The zero-order valence-corrected chi connectivity index (χ0v) is 23.1. The molecule has 3 aromatic rings. The molecule has 0 fully saturated rings. The molecule has 0 unspecified atom stereocenters. The van der Waals surface area contributed by atoms with Crippen molar-refractivity contribution in [2.45, 2.75) is 0 Å². The highest BCUT2D eigenvalue weighted by Crippen LogP contribution is 2.28. The molecule has 3 rings (SSSR count). The maximum absolute atomic E-state index is 12.9. The molecule has 0 aromatic heterocycles. The van der Waals surface area contributed by atoms with Crippen LogP contribution in [0.15, 0.2) is 76.0 Å². The third kappa shape index (κ3) is 8.20. The number of carbonyl (C=O) groups excluding carboxylic acids is 2. The van der Waals surface area contributed by atoms with E-state index in [0.29, 0.717) is 45.6 Å². The van der Waals surface area contributed by atoms with E-state index < -0.39 is 17.5 Å². The van der Waals surface area contributed by atoms with Gasteiger partial charge in [-0.15, -0.1) is 0 Å². The molecule has 0 spiro atoms. The molecule has 13 heteroatoms. The Bertz CT molecular complexity index is 1370. The molecule has 0 aliphatic carbocycles. The second-order valence-corrected chi connectivity index (χ2v) is 7.90. The topological polar surface area (TPSA) is 153 Å². The van der Waals surface area contributed by atoms with Crippen LogP contribution in [0.4, 0.5) is 5.69 Å². The van der Waals surface area contributed by atoms with Crippen LogP contribution in [0.5, 0.6) is 28.7 Å². The second kappa shape index (κ2) is 15.1. The van der Waals surface area contributed by atoms with Crippen LogP contribution in [-0.2, 0) is 9.59 Å². The first-order valence-electron chi connectivity index (χ1n) is 12.0. The lowest BCUT2D eigenvalue weighted by Gasteiger charge is -2.09. The molecular weight excluding hydrogens is 532 g/mol. The Kier molecular flexibility index (Phi) is 11.0. The van der Waals surface area contributed by atoms with Gasteiger partial charge in [-0.3, -0.25) is 15.0 Å². The molecule has 0 radical (unpaired) electrons. The van der Waals surface area contributed by atoms with Crippen LogP contribution in [0.3, 0.4) is 0 Å². The molecule has 3 aromatic carbocycles. The van der Waals surface area contributed by atoms with Crippen LogP contribution >= 0.6 is 0 Å². The quantitative estimate of drug-likeness (QED) is 0.163. The first-order valence-corrected chi connectivity index (χ1v) is 12.0. The van der Waals surface area contributed by atoms with Crippen LogP contribution < -0.4 is 40.0 Å². The van der Waals surface area contributed by atoms with Crippen molar-refractivity contribution in [3.05, 3.63) is 71.8 Å². The summed E-state index contributed by atoms with van der Waals surface area (Å²) in [6.45, 7) is 0. The van der Waals surface area contributed by atoms with Crippen LogP contribution in [0.2, 0.25) is 0 Å². The van der Waals surface area contributed by atoms with Crippen molar-refractivity contribution in [3.63, 3.8) is 0 Å². The number of nitrogens with one attached hydrogen (secondary N) is 3. The fraction of sp³-hybridized carbons (Fsp3) is 0.179. The van der Waals surface area contributed by atoms with Gasteiger partial charge in [-0.25, -0.2) is 10.9 Å². The van der Waals surface area contributed by atoms with Gasteiger partial charge in [-0.05, 0) is 59.7 Å². The Balaban J connectivity index is 1.79. The van der Waals surface area contributed by atoms with Crippen molar-refractivity contribution in [1.29, 1.82) is 0 Å². The Hall–Kier alpha value is -5.59. The van der Waals surface area contributed by atoms with Gasteiger partial charge in [0.25, 0.3) is 11.8 Å². The number of methoxy groups -OCH3 is 5. The summed E-state index contributed by atoms with van der Waals surface area (Å²) in [5, 5.41) is 11.9. The van der Waals surface area contributed by atoms with E-state index >= 15 is 0 Å². The van der Waals surface area contributed by atoms with Crippen LogP contribution in [-0.4, -0.2) is 65.5 Å². The van der Waals surface area contributed by atoms with Crippen molar-refractivity contribution in [2.24, 2.45) is 15.3 Å². The summed E-state index contributed by atoms with van der Waals surface area (Å²) in [6, 6.07) is 17.0. The van der Waals surface area contributed by atoms with E-state index in [1.165, 1.54) is 48.0 Å². The van der Waals surface area contributed by atoms with Gasteiger partial charge in [0.05, 0.1) is 53.7 Å². The lowest BCUT2D eigenvalue weighted by atomic mass is 10.2. The number of amides is 2. The summed E-state index contributed by atoms with van der Waals surface area (Å²) in [7, 11) is 7.54. The number of hydrogen-bond donors (Lipinski definition) is 3. The smallest absolute Gasteiger partial charge is 0.297 e. The predicted octanol–water partition coefficient (Wildman–Crippen LogP) is 2.80. The van der Waals surface area contributed by atoms with Gasteiger partial charge in [0.15, 0.2) is 23.0 Å². The molecule has 0 atom stereocenters. The maximum Gasteiger partial charge on any atom is 0.297 e. The number of hydrogen-bond acceptors (Lipinski definition) is 11. The Labute approximate surface area is 236 Å². The second-order valence-electron chi connectivity index (χ2n) is 7.90. The Morgan fingerprint density at radius 3 is 1.54 bits per heavy atom. The summed E-state index contributed by atoms with van der Waals surface area (Å²) < 4.78 is 26.2. The molecular formula is C28H30N6O7. The molecule has 3 N–H and O–H groups in total. The van der Waals surface area contributed by atoms with E-state index in [-0.39, 0.29) is 0 Å². The highest BCUT2D eigenvalue weighted by atomic mass is 16.5. The number of nitrogens with zero attached hydrogens (tertiary/aromatic N) is 3. The van der Waals surface area contributed by atoms with Gasteiger partial charge < -0.3 is 23.7 Å². The van der Waals surface area contributed by atoms with Gasteiger partial charge in [0, 0.05) is 0 Å². The third-order valence-electron chi connectivity index (χ3n) is 5.40. The summed E-state index contributed by atoms with van der Waals surface area (Å²) in [4.78, 5) is 25.9. The fourth-order valence-electron chi connectivity index (χ4n) is 3.36. The lowest BCUT2D eigenvalue weighted by Crippen LogP contribution is -2.39. The maximum atomic E-state index is 12.9. The molecule has 0 aliphatic rings. The van der Waals surface area contributed by atoms with Gasteiger partial charge >= 0.3 is 0 Å². The molecule has 0 bridgehead atoms. The lowest BCUT2D eigenvalue weighted by molar-refractivity contribution is -0.118. The number of benzene rings is 3. The largest absolute Gasteiger partial charge is 0.495 e. The molecule has 0 saturated carbocycles. The van der Waals surface area contributed by atoms with E-state index in [0.717, 1.165) is 0 Å². The van der Waals surface area contributed by atoms with Crippen molar-refractivity contribution in [1.82, 2.24) is 10.9 Å². The van der Waals surface area contributed by atoms with E-state index in [4.69, 9.17) is 23.7 Å². The van der Waals surface area contributed by atoms with E-state index in [1.807, 2.05) is 0 Å². The number of carbonyl (C=O) groups is 2. The predicted molar refractivity (Wildman–Crippen MR) is 155 cm³/mol. The molecule has 13 nitrogen and oxygen atoms in total. The minimum atomic E-state index is -0.900. The molecule has 0 heterocycles. The minimum Gasteiger partial charge on any atom is -0.495 e. The molecule has 0 aliphatic heterocycles. The van der Waals surface area contributed by atoms with Crippen molar-refractivity contribution in [3.8, 4) is 28.7 Å². The number of ether oxygens (including phenoxy) is 5. The summed E-state index contributed by atoms with van der Waals surface area (Å²) in [6.07, 6.45) is 2.75. The zero-order valence-electron chi connectivity index (χ0n) is 23.1. The third-order valence-corrected chi connectivity index (χ3v) is 5.40. The molecule has 41 heavy (non-hydrogen) atoms. The first kappa shape index (κ1) is 30.0. The summed E-state index contributed by atoms with van der Waals surface area (Å²) in [5.41, 5.74) is 8.35. The van der Waals surface area contributed by atoms with E-state index in [2.05, 4.69) is 31.6 Å². The zero-order chi connectivity index (χ0) is 29.6. The highest BCUT2D eigenvalue weighted by Gasteiger charge is 2.21. The van der Waals surface area contributed by atoms with Crippen LogP contribution in [0.25, 0.3) is 0 Å². The molecule has 0 saturated heterocycles. The van der Waals surface area contributed by atoms with Crippen molar-refractivity contribution >= 4 is 35.6 Å². The number of hydrazone groups is 3. The van der Waals surface area contributed by atoms with Crippen molar-refractivity contribution < 1.29 is 33.3 Å². The van der Waals surface area contributed by atoms with E-state index in [1.54, 1.807) is 60.7 Å². The average Bonchev–Trinajstić information content (AvgIpc) is 3.01. The number of para-hydroxylation sites is 2. The fourth-order valence-corrected chi connectivity index (χ4v) is 3.36. The van der Waals surface area contributed by atoms with Gasteiger partial charge in [-0.1, -0.05) is 12.1 Å². The normalized spacial score (nSPS) is 10.6. The standard InChI is InChI=1S/C28H30N6O7/c1-37-21-9-7-6-8-20(21)31-32-26(27(35)33-29-16-18-10-12-22(38-2)24(14-18)40-4)28(36)34-30-17-19-11-13-23(39-3)25(15-19)41-5/h6-17,31H,1-5H3,(H,33,35)(H,34,36). The van der Waals surface area contributed by atoms with E-state index in [9.17, 15) is 9.59 Å². The minimum absolute atomic E-state index is 0.427. The van der Waals surface area contributed by atoms with Crippen LogP contribution in [0, 0.1) is 0 Å². The van der Waals surface area contributed by atoms with Crippen LogP contribution in [0.1, 0.15) is 11.1 Å². The Morgan fingerprint density at radius 1 is 0.610 bits per heavy atom.